The van der Waals surface area contributed by atoms with Crippen molar-refractivity contribution >= 4 is 11.9 Å². The van der Waals surface area contributed by atoms with Crippen molar-refractivity contribution in [3.8, 4) is 0 Å². The average molecular weight is 221 g/mol. The third-order valence-corrected chi connectivity index (χ3v) is 2.43. The van der Waals surface area contributed by atoms with Crippen LogP contribution in [-0.4, -0.2) is 35.5 Å². The third-order valence-electron chi connectivity index (χ3n) is 2.43. The molecule has 1 aromatic heterocycles. The van der Waals surface area contributed by atoms with E-state index >= 15 is 0 Å². The fourth-order valence-electron chi connectivity index (χ4n) is 1.67. The monoisotopic (exact) mass is 221 g/mol. The van der Waals surface area contributed by atoms with Gasteiger partial charge in [-0.2, -0.15) is 0 Å². The first-order chi connectivity index (χ1) is 7.69. The van der Waals surface area contributed by atoms with Crippen LogP contribution in [0.3, 0.4) is 0 Å². The number of aryl methyl sites for hydroxylation is 1. The molecule has 3 N–H and O–H groups in total. The quantitative estimate of drug-likeness (QED) is 0.681. The van der Waals surface area contributed by atoms with E-state index in [1.54, 1.807) is 0 Å². The number of nitrogens with two attached hydrogens (primary N) is 1. The number of hydrogen-bond donors (Lipinski definition) is 2. The van der Waals surface area contributed by atoms with Crippen LogP contribution in [-0.2, 0) is 11.3 Å². The molecule has 1 aliphatic rings. The van der Waals surface area contributed by atoms with Crippen molar-refractivity contribution in [2.45, 2.75) is 13.5 Å². The minimum absolute atomic E-state index is 0.00524. The molecule has 0 aliphatic carbocycles. The Hall–Kier alpha value is -1.69. The highest BCUT2D eigenvalue weighted by molar-refractivity contribution is 5.81. The van der Waals surface area contributed by atoms with E-state index in [0.29, 0.717) is 25.6 Å². The van der Waals surface area contributed by atoms with Gasteiger partial charge in [0.2, 0.25) is 11.9 Å². The van der Waals surface area contributed by atoms with Gasteiger partial charge in [-0.25, -0.2) is 9.97 Å². The van der Waals surface area contributed by atoms with Crippen molar-refractivity contribution in [1.82, 2.24) is 15.3 Å². The van der Waals surface area contributed by atoms with Gasteiger partial charge in [0.15, 0.2) is 0 Å². The lowest BCUT2D eigenvalue weighted by Gasteiger charge is -2.26. The van der Waals surface area contributed by atoms with Crippen LogP contribution in [0.25, 0.3) is 0 Å². The van der Waals surface area contributed by atoms with Crippen LogP contribution >= 0.6 is 0 Å². The predicted molar refractivity (Wildman–Crippen MR) is 59.9 cm³/mol. The van der Waals surface area contributed by atoms with Crippen LogP contribution in [0.5, 0.6) is 0 Å². The van der Waals surface area contributed by atoms with Gasteiger partial charge in [-0.05, 0) is 13.0 Å². The summed E-state index contributed by atoms with van der Waals surface area (Å²) >= 11 is 0. The normalized spacial score (nSPS) is 16.1. The maximum atomic E-state index is 11.3. The van der Waals surface area contributed by atoms with Gasteiger partial charge >= 0.3 is 0 Å². The smallest absolute Gasteiger partial charge is 0.239 e. The third kappa shape index (κ3) is 2.27. The van der Waals surface area contributed by atoms with Crippen molar-refractivity contribution in [1.29, 1.82) is 0 Å². The first-order valence-corrected chi connectivity index (χ1v) is 5.25. The van der Waals surface area contributed by atoms with Gasteiger partial charge in [-0.3, -0.25) is 4.79 Å². The van der Waals surface area contributed by atoms with Crippen LogP contribution in [0.4, 0.5) is 5.95 Å². The van der Waals surface area contributed by atoms with Gasteiger partial charge in [-0.1, -0.05) is 0 Å². The zero-order chi connectivity index (χ0) is 11.5. The number of anilines is 1. The molecule has 1 aromatic rings. The highest BCUT2D eigenvalue weighted by Gasteiger charge is 2.18. The summed E-state index contributed by atoms with van der Waals surface area (Å²) in [6.07, 6.45) is 0. The number of carbonyl (C=O) groups excluding carboxylic acids is 1. The predicted octanol–water partition coefficient (Wildman–Crippen LogP) is -0.820. The molecule has 1 aliphatic heterocycles. The van der Waals surface area contributed by atoms with E-state index in [9.17, 15) is 4.79 Å². The molecule has 0 aromatic carbocycles. The summed E-state index contributed by atoms with van der Waals surface area (Å²) in [7, 11) is 0. The molecule has 0 bridgehead atoms. The Balaban J connectivity index is 2.24. The summed E-state index contributed by atoms with van der Waals surface area (Å²) in [5.41, 5.74) is 7.23. The Morgan fingerprint density at radius 2 is 2.38 bits per heavy atom. The summed E-state index contributed by atoms with van der Waals surface area (Å²) < 4.78 is 0. The van der Waals surface area contributed by atoms with E-state index in [-0.39, 0.29) is 5.91 Å². The Kier molecular flexibility index (Phi) is 3.00. The summed E-state index contributed by atoms with van der Waals surface area (Å²) in [6.45, 7) is 3.96. The summed E-state index contributed by atoms with van der Waals surface area (Å²) in [4.78, 5) is 21.8. The van der Waals surface area contributed by atoms with E-state index in [1.807, 2.05) is 17.9 Å². The molecule has 1 amide bonds. The molecule has 0 saturated carbocycles. The highest BCUT2D eigenvalue weighted by Crippen LogP contribution is 2.10. The number of nitrogens with zero attached hydrogens (tertiary/aromatic N) is 3. The van der Waals surface area contributed by atoms with E-state index in [1.165, 1.54) is 0 Å². The Morgan fingerprint density at radius 1 is 1.56 bits per heavy atom. The topological polar surface area (TPSA) is 84.1 Å². The Bertz CT molecular complexity index is 406. The van der Waals surface area contributed by atoms with Crippen LogP contribution in [0.15, 0.2) is 6.07 Å². The molecule has 1 saturated heterocycles. The van der Waals surface area contributed by atoms with E-state index in [2.05, 4.69) is 15.3 Å². The van der Waals surface area contributed by atoms with Crippen LogP contribution in [0, 0.1) is 6.92 Å². The lowest BCUT2D eigenvalue weighted by molar-refractivity contribution is -0.120. The largest absolute Gasteiger partial charge is 0.353 e. The maximum Gasteiger partial charge on any atom is 0.239 e. The lowest BCUT2D eigenvalue weighted by Crippen LogP contribution is -2.48. The second-order valence-electron chi connectivity index (χ2n) is 3.78. The van der Waals surface area contributed by atoms with Gasteiger partial charge in [0.25, 0.3) is 0 Å². The number of nitrogens with one attached hydrogen (secondary N) is 1. The molecule has 0 atom stereocenters. The van der Waals surface area contributed by atoms with Crippen LogP contribution in [0.2, 0.25) is 0 Å². The summed E-state index contributed by atoms with van der Waals surface area (Å²) in [6, 6.07) is 1.85. The minimum atomic E-state index is 0.00524. The SMILES string of the molecule is Cc1cc(CN)nc(N2CCNC(=O)C2)n1. The molecular weight excluding hydrogens is 206 g/mol. The van der Waals surface area contributed by atoms with Gasteiger partial charge < -0.3 is 16.0 Å². The first kappa shape index (κ1) is 10.8. The van der Waals surface area contributed by atoms with Crippen molar-refractivity contribution in [3.05, 3.63) is 17.5 Å². The fourth-order valence-corrected chi connectivity index (χ4v) is 1.67. The zero-order valence-electron chi connectivity index (χ0n) is 9.23. The molecular formula is C10H15N5O. The number of piperazine rings is 1. The minimum Gasteiger partial charge on any atom is -0.353 e. The van der Waals surface area contributed by atoms with Gasteiger partial charge in [0.1, 0.15) is 0 Å². The van der Waals surface area contributed by atoms with Gasteiger partial charge in [0.05, 0.1) is 12.2 Å². The molecule has 2 heterocycles. The molecule has 0 unspecified atom stereocenters. The molecule has 6 nitrogen and oxygen atoms in total. The van der Waals surface area contributed by atoms with Crippen LogP contribution < -0.4 is 16.0 Å². The standard InChI is InChI=1S/C10H15N5O/c1-7-4-8(5-11)14-10(13-7)15-3-2-12-9(16)6-15/h4H,2-3,5-6,11H2,1H3,(H,12,16). The van der Waals surface area contributed by atoms with E-state index in [0.717, 1.165) is 17.9 Å². The molecule has 1 fully saturated rings. The molecule has 2 rings (SSSR count). The second kappa shape index (κ2) is 4.44. The molecule has 86 valence electrons. The zero-order valence-corrected chi connectivity index (χ0v) is 9.23. The summed E-state index contributed by atoms with van der Waals surface area (Å²) in [5, 5.41) is 2.76. The molecule has 0 radical (unpaired) electrons. The van der Waals surface area contributed by atoms with E-state index < -0.39 is 0 Å². The van der Waals surface area contributed by atoms with Crippen molar-refractivity contribution in [3.63, 3.8) is 0 Å². The van der Waals surface area contributed by atoms with Gasteiger partial charge in [-0.15, -0.1) is 0 Å². The van der Waals surface area contributed by atoms with Crippen molar-refractivity contribution in [2.24, 2.45) is 5.73 Å². The fraction of sp³-hybridized carbons (Fsp3) is 0.500. The Morgan fingerprint density at radius 3 is 3.06 bits per heavy atom. The molecule has 16 heavy (non-hydrogen) atoms. The summed E-state index contributed by atoms with van der Waals surface area (Å²) in [5.74, 6) is 0.598. The number of hydrogen-bond acceptors (Lipinski definition) is 5. The Labute approximate surface area is 93.9 Å². The maximum absolute atomic E-state index is 11.3. The highest BCUT2D eigenvalue weighted by atomic mass is 16.2. The lowest BCUT2D eigenvalue weighted by atomic mass is 10.3. The molecule has 6 heteroatoms. The first-order valence-electron chi connectivity index (χ1n) is 5.25. The van der Waals surface area contributed by atoms with Gasteiger partial charge in [0, 0.05) is 25.3 Å². The number of aromatic nitrogens is 2. The number of carbonyl (C=O) groups is 1. The van der Waals surface area contributed by atoms with Crippen molar-refractivity contribution < 1.29 is 4.79 Å². The molecule has 0 spiro atoms. The number of amides is 1. The van der Waals surface area contributed by atoms with Crippen LogP contribution in [0.1, 0.15) is 11.4 Å². The number of rotatable bonds is 2. The van der Waals surface area contributed by atoms with Crippen molar-refractivity contribution in [2.75, 3.05) is 24.5 Å². The average Bonchev–Trinajstić information content (AvgIpc) is 2.28. The second-order valence-corrected chi connectivity index (χ2v) is 3.78. The van der Waals surface area contributed by atoms with E-state index in [4.69, 9.17) is 5.73 Å².